The van der Waals surface area contributed by atoms with Gasteiger partial charge in [0.2, 0.25) is 5.91 Å². The molecule has 0 unspecified atom stereocenters. The van der Waals surface area contributed by atoms with Crippen LogP contribution < -0.4 is 19.7 Å². The van der Waals surface area contributed by atoms with Crippen molar-refractivity contribution in [3.05, 3.63) is 65.1 Å². The summed E-state index contributed by atoms with van der Waals surface area (Å²) in [7, 11) is 5.17. The van der Waals surface area contributed by atoms with Gasteiger partial charge in [-0.25, -0.2) is 9.97 Å². The van der Waals surface area contributed by atoms with Crippen molar-refractivity contribution in [2.75, 3.05) is 38.5 Å². The highest BCUT2D eigenvalue weighted by Crippen LogP contribution is 2.28. The van der Waals surface area contributed by atoms with Gasteiger partial charge in [-0.1, -0.05) is 35.5 Å². The third-order valence-electron chi connectivity index (χ3n) is 4.76. The largest absolute Gasteiger partial charge is 0.493 e. The predicted octanol–water partition coefficient (Wildman–Crippen LogP) is 3.63. The highest BCUT2D eigenvalue weighted by Gasteiger charge is 2.12. The molecule has 0 spiro atoms. The van der Waals surface area contributed by atoms with Crippen LogP contribution in [0, 0.1) is 0 Å². The topological polar surface area (TPSA) is 89.5 Å². The number of pyridine rings is 1. The van der Waals surface area contributed by atoms with Crippen LogP contribution in [0.2, 0.25) is 5.15 Å². The minimum absolute atomic E-state index is 0.127. The van der Waals surface area contributed by atoms with E-state index in [2.05, 4.69) is 20.3 Å². The molecule has 0 saturated carbocycles. The van der Waals surface area contributed by atoms with Crippen molar-refractivity contribution in [2.24, 2.45) is 0 Å². The summed E-state index contributed by atoms with van der Waals surface area (Å²) in [5, 5.41) is 3.61. The SMILES string of the molecule is COc1ccc(CCN(C)c2cc(Cl)nc(SCC(=O)NCc3ccccn3)n2)cc1OC. The van der Waals surface area contributed by atoms with Crippen LogP contribution in [0.3, 0.4) is 0 Å². The second-order valence-electron chi connectivity index (χ2n) is 7.08. The Hall–Kier alpha value is -3.04. The maximum Gasteiger partial charge on any atom is 0.230 e. The second-order valence-corrected chi connectivity index (χ2v) is 8.41. The molecular formula is C23H26ClN5O3S. The number of anilines is 1. The quantitative estimate of drug-likeness (QED) is 0.249. The van der Waals surface area contributed by atoms with Crippen LogP contribution in [-0.2, 0) is 17.8 Å². The lowest BCUT2D eigenvalue weighted by Crippen LogP contribution is -2.25. The van der Waals surface area contributed by atoms with E-state index in [1.165, 1.54) is 11.8 Å². The lowest BCUT2D eigenvalue weighted by molar-refractivity contribution is -0.118. The Morgan fingerprint density at radius 2 is 1.94 bits per heavy atom. The number of likely N-dealkylation sites (N-methyl/N-ethyl adjacent to an activating group) is 1. The van der Waals surface area contributed by atoms with Crippen molar-refractivity contribution in [1.82, 2.24) is 20.3 Å². The molecule has 0 saturated heterocycles. The summed E-state index contributed by atoms with van der Waals surface area (Å²) < 4.78 is 10.7. The molecule has 1 amide bonds. The molecule has 3 aromatic rings. The molecule has 1 N–H and O–H groups in total. The van der Waals surface area contributed by atoms with Crippen molar-refractivity contribution < 1.29 is 14.3 Å². The van der Waals surface area contributed by atoms with E-state index in [0.29, 0.717) is 40.7 Å². The molecule has 33 heavy (non-hydrogen) atoms. The summed E-state index contributed by atoms with van der Waals surface area (Å²) in [6.07, 6.45) is 2.47. The van der Waals surface area contributed by atoms with E-state index < -0.39 is 0 Å². The third kappa shape index (κ3) is 7.50. The molecule has 8 nitrogen and oxygen atoms in total. The molecule has 0 bridgehead atoms. The van der Waals surface area contributed by atoms with Gasteiger partial charge in [-0.05, 0) is 36.2 Å². The fourth-order valence-corrected chi connectivity index (χ4v) is 3.88. The van der Waals surface area contributed by atoms with Crippen LogP contribution >= 0.6 is 23.4 Å². The number of hydrogen-bond donors (Lipinski definition) is 1. The van der Waals surface area contributed by atoms with E-state index in [4.69, 9.17) is 21.1 Å². The average molecular weight is 488 g/mol. The van der Waals surface area contributed by atoms with Gasteiger partial charge < -0.3 is 19.7 Å². The Morgan fingerprint density at radius 3 is 2.67 bits per heavy atom. The van der Waals surface area contributed by atoms with Crippen molar-refractivity contribution in [1.29, 1.82) is 0 Å². The van der Waals surface area contributed by atoms with Gasteiger partial charge >= 0.3 is 0 Å². The number of ether oxygens (including phenoxy) is 2. The standard InChI is InChI=1S/C23H26ClN5O3S/c1-29(11-9-16-7-8-18(31-2)19(12-16)32-3)21-13-20(24)27-23(28-21)33-15-22(30)26-14-17-6-4-5-10-25-17/h4-8,10,12-13H,9,11,14-15H2,1-3H3,(H,26,30). The number of thioether (sulfide) groups is 1. The van der Waals surface area contributed by atoms with E-state index >= 15 is 0 Å². The van der Waals surface area contributed by atoms with E-state index in [1.54, 1.807) is 26.5 Å². The normalized spacial score (nSPS) is 10.5. The number of carbonyl (C=O) groups is 1. The lowest BCUT2D eigenvalue weighted by atomic mass is 10.1. The van der Waals surface area contributed by atoms with Gasteiger partial charge in [-0.3, -0.25) is 9.78 Å². The smallest absolute Gasteiger partial charge is 0.230 e. The van der Waals surface area contributed by atoms with Gasteiger partial charge in [0.05, 0.1) is 32.2 Å². The van der Waals surface area contributed by atoms with Crippen LogP contribution in [0.4, 0.5) is 5.82 Å². The number of halogens is 1. The molecule has 2 heterocycles. The molecule has 0 fully saturated rings. The zero-order valence-electron chi connectivity index (χ0n) is 18.7. The van der Waals surface area contributed by atoms with Crippen LogP contribution in [-0.4, -0.2) is 54.4 Å². The second kappa shape index (κ2) is 12.3. The number of amides is 1. The molecular weight excluding hydrogens is 462 g/mol. The zero-order chi connectivity index (χ0) is 23.6. The maximum absolute atomic E-state index is 12.2. The van der Waals surface area contributed by atoms with E-state index in [-0.39, 0.29) is 11.7 Å². The first kappa shape index (κ1) is 24.6. The van der Waals surface area contributed by atoms with Gasteiger partial charge in [0.25, 0.3) is 0 Å². The number of nitrogens with zero attached hydrogens (tertiary/aromatic N) is 4. The van der Waals surface area contributed by atoms with Gasteiger partial charge in [-0.2, -0.15) is 0 Å². The van der Waals surface area contributed by atoms with Gasteiger partial charge in [0.1, 0.15) is 11.0 Å². The highest BCUT2D eigenvalue weighted by atomic mass is 35.5. The molecule has 3 rings (SSSR count). The van der Waals surface area contributed by atoms with E-state index in [0.717, 1.165) is 17.7 Å². The van der Waals surface area contributed by atoms with Crippen molar-refractivity contribution in [2.45, 2.75) is 18.1 Å². The first-order chi connectivity index (χ1) is 16.0. The fourth-order valence-electron chi connectivity index (χ4n) is 2.97. The Kier molecular flexibility index (Phi) is 9.14. The van der Waals surface area contributed by atoms with Crippen molar-refractivity contribution in [3.8, 4) is 11.5 Å². The molecule has 10 heteroatoms. The molecule has 0 radical (unpaired) electrons. The molecule has 0 aliphatic rings. The van der Waals surface area contributed by atoms with Crippen molar-refractivity contribution in [3.63, 3.8) is 0 Å². The molecule has 174 valence electrons. The molecule has 1 aromatic carbocycles. The number of aromatic nitrogens is 3. The fraction of sp³-hybridized carbons (Fsp3) is 0.304. The van der Waals surface area contributed by atoms with E-state index in [1.807, 2.05) is 48.3 Å². The average Bonchev–Trinajstić information content (AvgIpc) is 2.84. The maximum atomic E-state index is 12.2. The Morgan fingerprint density at radius 1 is 1.12 bits per heavy atom. The van der Waals surface area contributed by atoms with Gasteiger partial charge in [-0.15, -0.1) is 0 Å². The Labute approximate surface area is 202 Å². The first-order valence-corrected chi connectivity index (χ1v) is 11.6. The number of benzene rings is 1. The Bertz CT molecular complexity index is 1070. The van der Waals surface area contributed by atoms with Crippen LogP contribution in [0.25, 0.3) is 0 Å². The summed E-state index contributed by atoms with van der Waals surface area (Å²) in [4.78, 5) is 27.1. The van der Waals surface area contributed by atoms with Crippen LogP contribution in [0.15, 0.2) is 53.8 Å². The number of methoxy groups -OCH3 is 2. The number of rotatable bonds is 11. The minimum atomic E-state index is -0.127. The molecule has 0 aliphatic carbocycles. The predicted molar refractivity (Wildman–Crippen MR) is 130 cm³/mol. The zero-order valence-corrected chi connectivity index (χ0v) is 20.3. The van der Waals surface area contributed by atoms with E-state index in [9.17, 15) is 4.79 Å². The molecule has 0 atom stereocenters. The summed E-state index contributed by atoms with van der Waals surface area (Å²) >= 11 is 7.45. The summed E-state index contributed by atoms with van der Waals surface area (Å²) in [6, 6.07) is 13.1. The van der Waals surface area contributed by atoms with Crippen LogP contribution in [0.1, 0.15) is 11.3 Å². The number of nitrogens with one attached hydrogen (secondary N) is 1. The third-order valence-corrected chi connectivity index (χ3v) is 5.80. The first-order valence-electron chi connectivity index (χ1n) is 10.2. The summed E-state index contributed by atoms with van der Waals surface area (Å²) in [6.45, 7) is 1.08. The number of hydrogen-bond acceptors (Lipinski definition) is 8. The summed E-state index contributed by atoms with van der Waals surface area (Å²) in [5.41, 5.74) is 1.91. The number of carbonyl (C=O) groups excluding carboxylic acids is 1. The van der Waals surface area contributed by atoms with Gasteiger partial charge in [0, 0.05) is 25.9 Å². The molecule has 0 aliphatic heterocycles. The molecule has 2 aromatic heterocycles. The highest BCUT2D eigenvalue weighted by molar-refractivity contribution is 7.99. The van der Waals surface area contributed by atoms with Crippen molar-refractivity contribution >= 4 is 35.1 Å². The minimum Gasteiger partial charge on any atom is -0.493 e. The Balaban J connectivity index is 1.54. The van der Waals surface area contributed by atoms with Gasteiger partial charge in [0.15, 0.2) is 16.7 Å². The lowest BCUT2D eigenvalue weighted by Gasteiger charge is -2.19. The van der Waals surface area contributed by atoms with Crippen LogP contribution in [0.5, 0.6) is 11.5 Å². The summed E-state index contributed by atoms with van der Waals surface area (Å²) in [5.74, 6) is 2.14. The monoisotopic (exact) mass is 487 g/mol.